The van der Waals surface area contributed by atoms with E-state index in [1.165, 1.54) is 36.0 Å². The van der Waals surface area contributed by atoms with Crippen molar-refractivity contribution in [2.75, 3.05) is 0 Å². The van der Waals surface area contributed by atoms with Gasteiger partial charge in [-0.3, -0.25) is 4.79 Å². The Balaban J connectivity index is 1.97. The van der Waals surface area contributed by atoms with Crippen LogP contribution in [-0.4, -0.2) is 5.91 Å². The minimum atomic E-state index is 0.105. The van der Waals surface area contributed by atoms with E-state index in [1.54, 1.807) is 0 Å². The minimum Gasteiger partial charge on any atom is -0.349 e. The summed E-state index contributed by atoms with van der Waals surface area (Å²) in [5.41, 5.74) is 3.79. The molecule has 0 unspecified atom stereocenters. The van der Waals surface area contributed by atoms with E-state index in [-0.39, 0.29) is 17.9 Å². The second-order valence-corrected chi connectivity index (χ2v) is 5.91. The Morgan fingerprint density at radius 2 is 1.84 bits per heavy atom. The van der Waals surface area contributed by atoms with Crippen molar-refractivity contribution in [1.29, 1.82) is 0 Å². The van der Waals surface area contributed by atoms with Crippen LogP contribution in [0.5, 0.6) is 0 Å². The van der Waals surface area contributed by atoms with Crippen LogP contribution in [0.2, 0.25) is 0 Å². The zero-order valence-electron chi connectivity index (χ0n) is 12.3. The molecule has 0 aliphatic heterocycles. The Morgan fingerprint density at radius 1 is 1.16 bits per heavy atom. The molecule has 1 N–H and O–H groups in total. The highest BCUT2D eigenvalue weighted by molar-refractivity contribution is 5.79. The van der Waals surface area contributed by atoms with E-state index in [2.05, 4.69) is 44.3 Å². The summed E-state index contributed by atoms with van der Waals surface area (Å²) >= 11 is 0. The summed E-state index contributed by atoms with van der Waals surface area (Å²) in [6.45, 7) is 6.31. The van der Waals surface area contributed by atoms with Gasteiger partial charge < -0.3 is 5.32 Å². The van der Waals surface area contributed by atoms with Crippen LogP contribution < -0.4 is 5.32 Å². The Morgan fingerprint density at radius 3 is 2.47 bits per heavy atom. The fraction of sp³-hybridized carbons (Fsp3) is 0.588. The van der Waals surface area contributed by atoms with Gasteiger partial charge in [0, 0.05) is 5.92 Å². The summed E-state index contributed by atoms with van der Waals surface area (Å²) in [4.78, 5) is 12.2. The predicted octanol–water partition coefficient (Wildman–Crippen LogP) is 4.06. The molecule has 1 aliphatic rings. The first kappa shape index (κ1) is 14.1. The van der Waals surface area contributed by atoms with E-state index in [0.717, 1.165) is 12.8 Å². The first-order chi connectivity index (χ1) is 9.08. The molecule has 0 heterocycles. The highest BCUT2D eigenvalue weighted by atomic mass is 16.1. The molecule has 0 bridgehead atoms. The van der Waals surface area contributed by atoms with Crippen LogP contribution in [0.15, 0.2) is 18.2 Å². The molecule has 104 valence electrons. The van der Waals surface area contributed by atoms with Crippen LogP contribution in [0.4, 0.5) is 0 Å². The molecule has 1 amide bonds. The van der Waals surface area contributed by atoms with Crippen molar-refractivity contribution < 1.29 is 4.79 Å². The van der Waals surface area contributed by atoms with Gasteiger partial charge in [0.15, 0.2) is 0 Å². The normalized spacial score (nSPS) is 18.1. The van der Waals surface area contributed by atoms with Crippen LogP contribution in [0.3, 0.4) is 0 Å². The number of benzene rings is 1. The molecular formula is C17H25NO. The Bertz CT molecular complexity index is 447. The van der Waals surface area contributed by atoms with Crippen LogP contribution in [0.1, 0.15) is 61.8 Å². The maximum atomic E-state index is 12.2. The summed E-state index contributed by atoms with van der Waals surface area (Å²) in [5, 5.41) is 3.17. The van der Waals surface area contributed by atoms with Crippen molar-refractivity contribution in [2.24, 2.45) is 5.92 Å². The van der Waals surface area contributed by atoms with Gasteiger partial charge in [0.1, 0.15) is 0 Å². The summed E-state index contributed by atoms with van der Waals surface area (Å²) in [7, 11) is 0. The second-order valence-electron chi connectivity index (χ2n) is 5.91. The number of amides is 1. The SMILES string of the molecule is Cc1ccc([C@H](C)NC(=O)C2CCCCC2)cc1C. The number of aryl methyl sites for hydroxylation is 2. The number of hydrogen-bond acceptors (Lipinski definition) is 1. The zero-order valence-corrected chi connectivity index (χ0v) is 12.3. The molecule has 1 aromatic carbocycles. The second kappa shape index (κ2) is 6.23. The highest BCUT2D eigenvalue weighted by Gasteiger charge is 2.22. The van der Waals surface area contributed by atoms with Gasteiger partial charge in [0.2, 0.25) is 5.91 Å². The third kappa shape index (κ3) is 3.59. The number of hydrogen-bond donors (Lipinski definition) is 1. The maximum absolute atomic E-state index is 12.2. The van der Waals surface area contributed by atoms with Crippen molar-refractivity contribution in [3.8, 4) is 0 Å². The minimum absolute atomic E-state index is 0.105. The monoisotopic (exact) mass is 259 g/mol. The topological polar surface area (TPSA) is 29.1 Å². The summed E-state index contributed by atoms with van der Waals surface area (Å²) < 4.78 is 0. The largest absolute Gasteiger partial charge is 0.349 e. The van der Waals surface area contributed by atoms with E-state index in [4.69, 9.17) is 0 Å². The smallest absolute Gasteiger partial charge is 0.223 e. The average Bonchev–Trinajstić information content (AvgIpc) is 2.42. The molecule has 0 spiro atoms. The third-order valence-corrected chi connectivity index (χ3v) is 4.37. The van der Waals surface area contributed by atoms with Crippen LogP contribution in [0, 0.1) is 19.8 Å². The maximum Gasteiger partial charge on any atom is 0.223 e. The van der Waals surface area contributed by atoms with Crippen molar-refractivity contribution in [3.05, 3.63) is 34.9 Å². The van der Waals surface area contributed by atoms with E-state index in [9.17, 15) is 4.79 Å². The highest BCUT2D eigenvalue weighted by Crippen LogP contribution is 2.25. The van der Waals surface area contributed by atoms with E-state index in [0.29, 0.717) is 0 Å². The van der Waals surface area contributed by atoms with Crippen molar-refractivity contribution in [3.63, 3.8) is 0 Å². The van der Waals surface area contributed by atoms with Crippen LogP contribution in [-0.2, 0) is 4.79 Å². The predicted molar refractivity (Wildman–Crippen MR) is 79.0 cm³/mol. The van der Waals surface area contributed by atoms with Gasteiger partial charge >= 0.3 is 0 Å². The van der Waals surface area contributed by atoms with Gasteiger partial charge in [-0.1, -0.05) is 37.5 Å². The molecule has 0 saturated heterocycles. The lowest BCUT2D eigenvalue weighted by Crippen LogP contribution is -2.33. The molecule has 19 heavy (non-hydrogen) atoms. The molecule has 1 aromatic rings. The lowest BCUT2D eigenvalue weighted by Gasteiger charge is -2.23. The Labute approximate surface area is 116 Å². The van der Waals surface area contributed by atoms with Crippen LogP contribution in [0.25, 0.3) is 0 Å². The number of carbonyl (C=O) groups is 1. The molecule has 1 saturated carbocycles. The molecule has 1 fully saturated rings. The van der Waals surface area contributed by atoms with Gasteiger partial charge in [-0.05, 0) is 50.3 Å². The Hall–Kier alpha value is -1.31. The van der Waals surface area contributed by atoms with Gasteiger partial charge in [0.05, 0.1) is 6.04 Å². The van der Waals surface area contributed by atoms with Crippen LogP contribution >= 0.6 is 0 Å². The molecule has 2 rings (SSSR count). The molecule has 2 nitrogen and oxygen atoms in total. The molecule has 0 radical (unpaired) electrons. The molecule has 1 atom stereocenters. The third-order valence-electron chi connectivity index (χ3n) is 4.37. The van der Waals surface area contributed by atoms with Crippen molar-refractivity contribution >= 4 is 5.91 Å². The van der Waals surface area contributed by atoms with Crippen molar-refractivity contribution in [2.45, 2.75) is 58.9 Å². The number of nitrogens with one attached hydrogen (secondary N) is 1. The first-order valence-corrected chi connectivity index (χ1v) is 7.45. The molecular weight excluding hydrogens is 234 g/mol. The van der Waals surface area contributed by atoms with E-state index in [1.807, 2.05) is 0 Å². The molecule has 2 heteroatoms. The van der Waals surface area contributed by atoms with Gasteiger partial charge in [-0.2, -0.15) is 0 Å². The lowest BCUT2D eigenvalue weighted by atomic mass is 9.88. The lowest BCUT2D eigenvalue weighted by molar-refractivity contribution is -0.126. The summed E-state index contributed by atoms with van der Waals surface area (Å²) in [6, 6.07) is 6.54. The summed E-state index contributed by atoms with van der Waals surface area (Å²) in [6.07, 6.45) is 5.82. The quantitative estimate of drug-likeness (QED) is 0.871. The van der Waals surface area contributed by atoms with Gasteiger partial charge in [0.25, 0.3) is 0 Å². The van der Waals surface area contributed by atoms with E-state index < -0.39 is 0 Å². The number of rotatable bonds is 3. The fourth-order valence-corrected chi connectivity index (χ4v) is 2.81. The molecule has 0 aromatic heterocycles. The zero-order chi connectivity index (χ0) is 13.8. The average molecular weight is 259 g/mol. The summed E-state index contributed by atoms with van der Waals surface area (Å²) in [5.74, 6) is 0.480. The fourth-order valence-electron chi connectivity index (χ4n) is 2.81. The first-order valence-electron chi connectivity index (χ1n) is 7.45. The van der Waals surface area contributed by atoms with Crippen molar-refractivity contribution in [1.82, 2.24) is 5.32 Å². The van der Waals surface area contributed by atoms with Gasteiger partial charge in [-0.25, -0.2) is 0 Å². The standard InChI is InChI=1S/C17H25NO/c1-12-9-10-16(11-13(12)2)14(3)18-17(19)15-7-5-4-6-8-15/h9-11,14-15H,4-8H2,1-3H3,(H,18,19)/t14-/m0/s1. The van der Waals surface area contributed by atoms with Gasteiger partial charge in [-0.15, -0.1) is 0 Å². The molecule has 1 aliphatic carbocycles. The number of carbonyl (C=O) groups excluding carboxylic acids is 1. The Kier molecular flexibility index (Phi) is 4.62. The van der Waals surface area contributed by atoms with E-state index >= 15 is 0 Å².